The fraction of sp³-hybridized carbons (Fsp3) is 0. The van der Waals surface area contributed by atoms with Gasteiger partial charge in [-0.25, -0.2) is 4.39 Å². The summed E-state index contributed by atoms with van der Waals surface area (Å²) in [4.78, 5) is -0.0906. The summed E-state index contributed by atoms with van der Waals surface area (Å²) in [7, 11) is 0. The molecule has 0 fully saturated rings. The lowest BCUT2D eigenvalue weighted by molar-refractivity contribution is 0.628. The van der Waals surface area contributed by atoms with Crippen LogP contribution in [-0.2, 0) is 0 Å². The van der Waals surface area contributed by atoms with Crippen LogP contribution in [0.25, 0.3) is 0 Å². The minimum atomic E-state index is -0.348. The van der Waals surface area contributed by atoms with Crippen LogP contribution in [0.4, 0.5) is 10.1 Å². The SMILES string of the molecule is N#C/C(=N/Nc1ccc(F)cc1)C(N)=S. The van der Waals surface area contributed by atoms with E-state index in [2.05, 4.69) is 22.7 Å². The molecule has 0 aliphatic carbocycles. The zero-order valence-electron chi connectivity index (χ0n) is 7.57. The molecule has 3 N–H and O–H groups in total. The molecule has 6 heteroatoms. The molecule has 0 bridgehead atoms. The molecule has 0 atom stereocenters. The summed E-state index contributed by atoms with van der Waals surface area (Å²) in [6.45, 7) is 0. The average molecular weight is 222 g/mol. The third kappa shape index (κ3) is 3.32. The van der Waals surface area contributed by atoms with Crippen molar-refractivity contribution in [1.29, 1.82) is 5.26 Å². The number of nitrogens with two attached hydrogens (primary N) is 1. The predicted octanol–water partition coefficient (Wildman–Crippen LogP) is 1.40. The second kappa shape index (κ2) is 5.02. The number of nitrogens with one attached hydrogen (secondary N) is 1. The summed E-state index contributed by atoms with van der Waals surface area (Å²) in [6.07, 6.45) is 0. The molecule has 1 rings (SSSR count). The van der Waals surface area contributed by atoms with Crippen LogP contribution in [0.15, 0.2) is 29.4 Å². The van der Waals surface area contributed by atoms with Gasteiger partial charge in [0.15, 0.2) is 5.71 Å². The van der Waals surface area contributed by atoms with E-state index in [0.717, 1.165) is 0 Å². The summed E-state index contributed by atoms with van der Waals surface area (Å²) in [6, 6.07) is 7.23. The van der Waals surface area contributed by atoms with Crippen LogP contribution in [0.1, 0.15) is 0 Å². The number of hydrogen-bond donors (Lipinski definition) is 2. The van der Waals surface area contributed by atoms with Gasteiger partial charge in [0.05, 0.1) is 5.69 Å². The largest absolute Gasteiger partial charge is 0.387 e. The Kier molecular flexibility index (Phi) is 3.71. The minimum absolute atomic E-state index is 0.0747. The molecular weight excluding hydrogens is 215 g/mol. The lowest BCUT2D eigenvalue weighted by atomic mass is 10.3. The Bertz CT molecular complexity index is 432. The van der Waals surface area contributed by atoms with Crippen molar-refractivity contribution in [3.8, 4) is 6.07 Å². The molecule has 0 saturated heterocycles. The van der Waals surface area contributed by atoms with Crippen molar-refractivity contribution in [2.45, 2.75) is 0 Å². The molecule has 0 unspecified atom stereocenters. The number of hydrazone groups is 1. The predicted molar refractivity (Wildman–Crippen MR) is 59.9 cm³/mol. The van der Waals surface area contributed by atoms with E-state index >= 15 is 0 Å². The Balaban J connectivity index is 2.76. The number of rotatable bonds is 3. The van der Waals surface area contributed by atoms with Gasteiger partial charge in [0, 0.05) is 0 Å². The Morgan fingerprint density at radius 3 is 2.53 bits per heavy atom. The van der Waals surface area contributed by atoms with Gasteiger partial charge < -0.3 is 5.73 Å². The van der Waals surface area contributed by atoms with Crippen molar-refractivity contribution < 1.29 is 4.39 Å². The van der Waals surface area contributed by atoms with Gasteiger partial charge >= 0.3 is 0 Å². The highest BCUT2D eigenvalue weighted by atomic mass is 32.1. The van der Waals surface area contributed by atoms with Gasteiger partial charge in [0.2, 0.25) is 0 Å². The number of anilines is 1. The second-order valence-electron chi connectivity index (χ2n) is 2.56. The first-order valence-corrected chi connectivity index (χ1v) is 4.33. The highest BCUT2D eigenvalue weighted by Crippen LogP contribution is 2.07. The Morgan fingerprint density at radius 2 is 2.07 bits per heavy atom. The van der Waals surface area contributed by atoms with E-state index in [1.165, 1.54) is 24.3 Å². The molecule has 0 heterocycles. The van der Waals surface area contributed by atoms with Gasteiger partial charge in [0.25, 0.3) is 0 Å². The van der Waals surface area contributed by atoms with Gasteiger partial charge in [-0.05, 0) is 24.3 Å². The van der Waals surface area contributed by atoms with Crippen LogP contribution in [-0.4, -0.2) is 10.7 Å². The van der Waals surface area contributed by atoms with E-state index in [1.54, 1.807) is 6.07 Å². The van der Waals surface area contributed by atoms with E-state index in [0.29, 0.717) is 5.69 Å². The van der Waals surface area contributed by atoms with Gasteiger partial charge in [-0.2, -0.15) is 10.4 Å². The highest BCUT2D eigenvalue weighted by molar-refractivity contribution is 7.82. The Hall–Kier alpha value is -2.00. The molecule has 4 nitrogen and oxygen atoms in total. The van der Waals surface area contributed by atoms with E-state index in [9.17, 15) is 4.39 Å². The maximum atomic E-state index is 12.5. The summed E-state index contributed by atoms with van der Waals surface area (Å²) >= 11 is 4.58. The summed E-state index contributed by atoms with van der Waals surface area (Å²) in [5, 5.41) is 12.2. The van der Waals surface area contributed by atoms with Crippen LogP contribution < -0.4 is 11.2 Å². The average Bonchev–Trinajstić information content (AvgIpc) is 2.21. The monoisotopic (exact) mass is 222 g/mol. The number of nitriles is 1. The van der Waals surface area contributed by atoms with Gasteiger partial charge in [0.1, 0.15) is 16.9 Å². The maximum absolute atomic E-state index is 12.5. The molecule has 0 amide bonds. The van der Waals surface area contributed by atoms with Crippen LogP contribution in [0.3, 0.4) is 0 Å². The number of hydrogen-bond acceptors (Lipinski definition) is 4. The van der Waals surface area contributed by atoms with Crippen LogP contribution >= 0.6 is 12.2 Å². The zero-order valence-corrected chi connectivity index (χ0v) is 8.38. The van der Waals surface area contributed by atoms with Crippen LogP contribution in [0, 0.1) is 17.1 Å². The third-order valence-corrected chi connectivity index (χ3v) is 1.67. The Morgan fingerprint density at radius 1 is 1.47 bits per heavy atom. The number of benzene rings is 1. The molecular formula is C9H7FN4S. The fourth-order valence-electron chi connectivity index (χ4n) is 0.780. The standard InChI is InChI=1S/C9H7FN4S/c10-6-1-3-7(4-2-6)13-14-8(5-11)9(12)15/h1-4,13H,(H2,12,15)/b14-8-. The number of nitrogens with zero attached hydrogens (tertiary/aromatic N) is 2. The summed E-state index contributed by atoms with van der Waals surface area (Å²) < 4.78 is 12.5. The van der Waals surface area contributed by atoms with E-state index < -0.39 is 0 Å². The smallest absolute Gasteiger partial charge is 0.194 e. The first-order valence-electron chi connectivity index (χ1n) is 3.92. The minimum Gasteiger partial charge on any atom is -0.387 e. The molecule has 15 heavy (non-hydrogen) atoms. The highest BCUT2D eigenvalue weighted by Gasteiger charge is 2.00. The van der Waals surface area contributed by atoms with E-state index in [4.69, 9.17) is 11.0 Å². The molecule has 0 aromatic heterocycles. The molecule has 0 aliphatic heterocycles. The molecule has 0 saturated carbocycles. The first kappa shape index (κ1) is 11.1. The second-order valence-corrected chi connectivity index (χ2v) is 2.99. The fourth-order valence-corrected chi connectivity index (χ4v) is 0.871. The molecule has 1 aromatic rings. The van der Waals surface area contributed by atoms with E-state index in [1.807, 2.05) is 0 Å². The summed E-state index contributed by atoms with van der Waals surface area (Å²) in [5.41, 5.74) is 8.22. The molecule has 76 valence electrons. The van der Waals surface area contributed by atoms with Crippen molar-refractivity contribution in [1.82, 2.24) is 0 Å². The number of halogens is 1. The van der Waals surface area contributed by atoms with Crippen molar-refractivity contribution in [3.05, 3.63) is 30.1 Å². The van der Waals surface area contributed by atoms with Crippen molar-refractivity contribution in [2.24, 2.45) is 10.8 Å². The van der Waals surface area contributed by atoms with Gasteiger partial charge in [-0.15, -0.1) is 0 Å². The third-order valence-electron chi connectivity index (χ3n) is 1.48. The molecule has 0 aliphatic rings. The van der Waals surface area contributed by atoms with Crippen LogP contribution in [0.5, 0.6) is 0 Å². The molecule has 0 radical (unpaired) electrons. The zero-order chi connectivity index (χ0) is 11.3. The topological polar surface area (TPSA) is 74.2 Å². The quantitative estimate of drug-likeness (QED) is 0.460. The lowest BCUT2D eigenvalue weighted by Gasteiger charge is -2.00. The first-order chi connectivity index (χ1) is 7.13. The summed E-state index contributed by atoms with van der Waals surface area (Å²) in [5.74, 6) is -0.348. The van der Waals surface area contributed by atoms with E-state index in [-0.39, 0.29) is 16.5 Å². The van der Waals surface area contributed by atoms with Crippen molar-refractivity contribution in [2.75, 3.05) is 5.43 Å². The van der Waals surface area contributed by atoms with Crippen molar-refractivity contribution in [3.63, 3.8) is 0 Å². The van der Waals surface area contributed by atoms with Crippen LogP contribution in [0.2, 0.25) is 0 Å². The van der Waals surface area contributed by atoms with Crippen molar-refractivity contribution >= 4 is 28.6 Å². The van der Waals surface area contributed by atoms with Gasteiger partial charge in [-0.3, -0.25) is 5.43 Å². The number of thiocarbonyl (C=S) groups is 1. The normalized spacial score (nSPS) is 10.5. The Labute approximate surface area is 91.2 Å². The molecule has 1 aromatic carbocycles. The molecule has 0 spiro atoms. The lowest BCUT2D eigenvalue weighted by Crippen LogP contribution is -2.20. The van der Waals surface area contributed by atoms with Gasteiger partial charge in [-0.1, -0.05) is 12.2 Å². The maximum Gasteiger partial charge on any atom is 0.194 e.